The fourth-order valence-electron chi connectivity index (χ4n) is 2.23. The molecule has 0 bridgehead atoms. The van der Waals surface area contributed by atoms with Gasteiger partial charge in [-0.1, -0.05) is 18.9 Å². The first-order valence-corrected chi connectivity index (χ1v) is 5.37. The summed E-state index contributed by atoms with van der Waals surface area (Å²) in [4.78, 5) is 4.16. The molecule has 0 amide bonds. The Morgan fingerprint density at radius 1 is 1.38 bits per heavy atom. The highest BCUT2D eigenvalue weighted by atomic mass is 35.5. The van der Waals surface area contributed by atoms with Gasteiger partial charge >= 0.3 is 0 Å². The van der Waals surface area contributed by atoms with E-state index in [4.69, 9.17) is 11.6 Å². The molecule has 0 unspecified atom stereocenters. The predicted octanol–water partition coefficient (Wildman–Crippen LogP) is 3.13. The van der Waals surface area contributed by atoms with Crippen LogP contribution >= 0.6 is 11.6 Å². The van der Waals surface area contributed by atoms with Crippen molar-refractivity contribution in [3.05, 3.63) is 30.1 Å². The quantitative estimate of drug-likeness (QED) is 0.661. The maximum Gasteiger partial charge on any atom is 0.0321 e. The predicted molar refractivity (Wildman–Crippen MR) is 55.1 cm³/mol. The third-order valence-electron chi connectivity index (χ3n) is 3.09. The Hall–Kier alpha value is -0.560. The molecular weight excluding hydrogens is 182 g/mol. The molecule has 70 valence electrons. The Morgan fingerprint density at radius 3 is 2.69 bits per heavy atom. The maximum atomic E-state index is 6.07. The lowest BCUT2D eigenvalue weighted by Crippen LogP contribution is -2.24. The third-order valence-corrected chi connectivity index (χ3v) is 3.60. The van der Waals surface area contributed by atoms with Crippen molar-refractivity contribution in [3.8, 4) is 0 Å². The van der Waals surface area contributed by atoms with Gasteiger partial charge in [0.2, 0.25) is 0 Å². The van der Waals surface area contributed by atoms with E-state index in [1.54, 1.807) is 0 Å². The van der Waals surface area contributed by atoms with Gasteiger partial charge in [0.15, 0.2) is 0 Å². The zero-order valence-electron chi connectivity index (χ0n) is 7.67. The van der Waals surface area contributed by atoms with Gasteiger partial charge in [0.1, 0.15) is 0 Å². The molecular formula is C11H14ClN. The van der Waals surface area contributed by atoms with Crippen LogP contribution in [0.15, 0.2) is 24.5 Å². The van der Waals surface area contributed by atoms with E-state index in [0.29, 0.717) is 0 Å². The Morgan fingerprint density at radius 2 is 2.15 bits per heavy atom. The summed E-state index contributed by atoms with van der Waals surface area (Å²) in [5.74, 6) is 0.735. The highest BCUT2D eigenvalue weighted by Gasteiger charge is 2.34. The van der Waals surface area contributed by atoms with E-state index >= 15 is 0 Å². The van der Waals surface area contributed by atoms with E-state index in [1.807, 2.05) is 18.5 Å². The molecule has 1 heterocycles. The largest absolute Gasteiger partial charge is 0.264 e. The van der Waals surface area contributed by atoms with Gasteiger partial charge in [-0.15, -0.1) is 11.6 Å². The van der Waals surface area contributed by atoms with Crippen molar-refractivity contribution in [2.75, 3.05) is 5.88 Å². The van der Waals surface area contributed by atoms with Crippen molar-refractivity contribution in [2.45, 2.75) is 31.1 Å². The fraction of sp³-hybridized carbons (Fsp3) is 0.545. The number of hydrogen-bond acceptors (Lipinski definition) is 1. The van der Waals surface area contributed by atoms with Crippen molar-refractivity contribution in [1.29, 1.82) is 0 Å². The van der Waals surface area contributed by atoms with Crippen LogP contribution in [0.25, 0.3) is 0 Å². The molecule has 0 saturated heterocycles. The molecule has 1 aromatic rings. The van der Waals surface area contributed by atoms with Crippen LogP contribution in [-0.2, 0) is 5.41 Å². The van der Waals surface area contributed by atoms with Crippen LogP contribution in [0.3, 0.4) is 0 Å². The van der Waals surface area contributed by atoms with Crippen LogP contribution in [0.5, 0.6) is 0 Å². The number of hydrogen-bond donors (Lipinski definition) is 0. The second-order valence-electron chi connectivity index (χ2n) is 3.86. The Bertz CT molecular complexity index is 265. The lowest BCUT2D eigenvalue weighted by molar-refractivity contribution is 0.496. The zero-order chi connectivity index (χ0) is 9.15. The first-order valence-electron chi connectivity index (χ1n) is 4.84. The van der Waals surface area contributed by atoms with Gasteiger partial charge in [-0.2, -0.15) is 0 Å². The highest BCUT2D eigenvalue weighted by Crippen LogP contribution is 2.41. The van der Waals surface area contributed by atoms with Crippen molar-refractivity contribution in [2.24, 2.45) is 0 Å². The fourth-order valence-corrected chi connectivity index (χ4v) is 2.65. The summed E-state index contributed by atoms with van der Waals surface area (Å²) in [6, 6.07) is 4.16. The third kappa shape index (κ3) is 1.58. The van der Waals surface area contributed by atoms with Gasteiger partial charge in [-0.05, 0) is 24.5 Å². The molecule has 0 aromatic carbocycles. The number of aromatic nitrogens is 1. The summed E-state index contributed by atoms with van der Waals surface area (Å²) in [5.41, 5.74) is 1.55. The SMILES string of the molecule is ClCC1(c2cccnc2)CCCC1. The van der Waals surface area contributed by atoms with Crippen LogP contribution in [0.1, 0.15) is 31.2 Å². The lowest BCUT2D eigenvalue weighted by Gasteiger charge is -2.26. The topological polar surface area (TPSA) is 12.9 Å². The first kappa shape index (κ1) is 9.01. The standard InChI is InChI=1S/C11H14ClN/c12-9-11(5-1-2-6-11)10-4-3-7-13-8-10/h3-4,7-8H,1-2,5-6,9H2. The summed E-state index contributed by atoms with van der Waals surface area (Å²) >= 11 is 6.07. The second kappa shape index (κ2) is 3.67. The summed E-state index contributed by atoms with van der Waals surface area (Å²) in [6.07, 6.45) is 8.85. The monoisotopic (exact) mass is 195 g/mol. The molecule has 0 radical (unpaired) electrons. The average molecular weight is 196 g/mol. The summed E-state index contributed by atoms with van der Waals surface area (Å²) in [7, 11) is 0. The van der Waals surface area contributed by atoms with Gasteiger partial charge in [-0.25, -0.2) is 0 Å². The molecule has 1 fully saturated rings. The number of pyridine rings is 1. The van der Waals surface area contributed by atoms with Crippen molar-refractivity contribution in [3.63, 3.8) is 0 Å². The number of nitrogens with zero attached hydrogens (tertiary/aromatic N) is 1. The molecule has 1 aliphatic carbocycles. The van der Waals surface area contributed by atoms with Gasteiger partial charge in [0, 0.05) is 23.7 Å². The van der Waals surface area contributed by atoms with Gasteiger partial charge in [0.05, 0.1) is 0 Å². The van der Waals surface area contributed by atoms with Crippen molar-refractivity contribution in [1.82, 2.24) is 4.98 Å². The number of alkyl halides is 1. The highest BCUT2D eigenvalue weighted by molar-refractivity contribution is 6.18. The summed E-state index contributed by atoms with van der Waals surface area (Å²) in [5, 5.41) is 0. The molecule has 1 aromatic heterocycles. The summed E-state index contributed by atoms with van der Waals surface area (Å²) in [6.45, 7) is 0. The maximum absolute atomic E-state index is 6.07. The van der Waals surface area contributed by atoms with Crippen LogP contribution in [-0.4, -0.2) is 10.9 Å². The molecule has 0 atom stereocenters. The van der Waals surface area contributed by atoms with Crippen molar-refractivity contribution >= 4 is 11.6 Å². The average Bonchev–Trinajstić information content (AvgIpc) is 2.69. The molecule has 0 N–H and O–H groups in total. The smallest absolute Gasteiger partial charge is 0.0321 e. The van der Waals surface area contributed by atoms with Crippen LogP contribution in [0, 0.1) is 0 Å². The number of rotatable bonds is 2. The van der Waals surface area contributed by atoms with Crippen molar-refractivity contribution < 1.29 is 0 Å². The minimum Gasteiger partial charge on any atom is -0.264 e. The van der Waals surface area contributed by atoms with E-state index in [0.717, 1.165) is 5.88 Å². The normalized spacial score (nSPS) is 20.4. The molecule has 0 aliphatic heterocycles. The van der Waals surface area contributed by atoms with E-state index < -0.39 is 0 Å². The van der Waals surface area contributed by atoms with E-state index in [-0.39, 0.29) is 5.41 Å². The molecule has 1 nitrogen and oxygen atoms in total. The Balaban J connectivity index is 2.31. The van der Waals surface area contributed by atoms with Crippen LogP contribution in [0.2, 0.25) is 0 Å². The van der Waals surface area contributed by atoms with E-state index in [2.05, 4.69) is 11.1 Å². The molecule has 13 heavy (non-hydrogen) atoms. The Kier molecular flexibility index (Phi) is 2.54. The van der Waals surface area contributed by atoms with Crippen LogP contribution < -0.4 is 0 Å². The van der Waals surface area contributed by atoms with Gasteiger partial charge in [0.25, 0.3) is 0 Å². The zero-order valence-corrected chi connectivity index (χ0v) is 8.43. The second-order valence-corrected chi connectivity index (χ2v) is 4.13. The van der Waals surface area contributed by atoms with Crippen LogP contribution in [0.4, 0.5) is 0 Å². The van der Waals surface area contributed by atoms with E-state index in [1.165, 1.54) is 31.2 Å². The lowest BCUT2D eigenvalue weighted by atomic mass is 9.82. The molecule has 2 heteroatoms. The minimum atomic E-state index is 0.232. The van der Waals surface area contributed by atoms with Gasteiger partial charge in [-0.3, -0.25) is 4.98 Å². The minimum absolute atomic E-state index is 0.232. The van der Waals surface area contributed by atoms with E-state index in [9.17, 15) is 0 Å². The van der Waals surface area contributed by atoms with Gasteiger partial charge < -0.3 is 0 Å². The molecule has 2 rings (SSSR count). The Labute approximate surface area is 84.1 Å². The summed E-state index contributed by atoms with van der Waals surface area (Å²) < 4.78 is 0. The molecule has 0 spiro atoms. The molecule has 1 aliphatic rings. The molecule has 1 saturated carbocycles. The number of halogens is 1. The first-order chi connectivity index (χ1) is 6.37.